The molecule has 12 nitrogen and oxygen atoms in total. The van der Waals surface area contributed by atoms with Gasteiger partial charge in [0, 0.05) is 26.0 Å². The van der Waals surface area contributed by atoms with Crippen LogP contribution in [0.1, 0.15) is 36.9 Å². The van der Waals surface area contributed by atoms with Crippen molar-refractivity contribution < 1.29 is 14.6 Å². The van der Waals surface area contributed by atoms with E-state index in [9.17, 15) is 9.90 Å². The van der Waals surface area contributed by atoms with E-state index in [4.69, 9.17) is 19.5 Å². The van der Waals surface area contributed by atoms with Crippen molar-refractivity contribution >= 4 is 34.5 Å². The first-order chi connectivity index (χ1) is 19.1. The summed E-state index contributed by atoms with van der Waals surface area (Å²) < 4.78 is 13.3. The first-order valence-corrected chi connectivity index (χ1v) is 13.0. The largest absolute Gasteiger partial charge is 0.475 e. The molecule has 4 N–H and O–H groups in total. The molecule has 4 aromatic rings. The van der Waals surface area contributed by atoms with Crippen LogP contribution in [0.3, 0.4) is 0 Å². The number of H-pyrrole nitrogens is 1. The zero-order valence-electron chi connectivity index (χ0n) is 21.6. The lowest BCUT2D eigenvalue weighted by atomic mass is 9.92. The number of benzene rings is 1. The Bertz CT molecular complexity index is 1560. The van der Waals surface area contributed by atoms with E-state index in [1.54, 1.807) is 23.0 Å². The van der Waals surface area contributed by atoms with Gasteiger partial charge in [0.1, 0.15) is 23.8 Å². The lowest BCUT2D eigenvalue weighted by molar-refractivity contribution is 0.0442. The van der Waals surface area contributed by atoms with Gasteiger partial charge in [-0.3, -0.25) is 14.6 Å². The smallest absolute Gasteiger partial charge is 0.273 e. The van der Waals surface area contributed by atoms with E-state index in [2.05, 4.69) is 25.7 Å². The molecule has 0 bridgehead atoms. The molecule has 2 aliphatic heterocycles. The van der Waals surface area contributed by atoms with E-state index in [0.29, 0.717) is 60.5 Å². The topological polar surface area (TPSA) is 152 Å². The maximum absolute atomic E-state index is 12.2. The fraction of sp³-hybridized carbons (Fsp3) is 0.370. The van der Waals surface area contributed by atoms with Crippen molar-refractivity contribution in [1.82, 2.24) is 24.7 Å². The summed E-state index contributed by atoms with van der Waals surface area (Å²) in [5.74, 6) is 1.71. The molecule has 0 radical (unpaired) electrons. The molecule has 3 aromatic heterocycles. The monoisotopic (exact) mass is 530 g/mol. The minimum atomic E-state index is -0.417. The molecule has 1 fully saturated rings. The van der Waals surface area contributed by atoms with Gasteiger partial charge < -0.3 is 25.2 Å². The molecular formula is C27H30N8O4. The minimum Gasteiger partial charge on any atom is -0.475 e. The van der Waals surface area contributed by atoms with Gasteiger partial charge in [0.15, 0.2) is 5.65 Å². The molecule has 0 saturated carbocycles. The summed E-state index contributed by atoms with van der Waals surface area (Å²) >= 11 is 0. The van der Waals surface area contributed by atoms with Crippen LogP contribution in [0.15, 0.2) is 58.4 Å². The SMILES string of the molecule is CCn1[nH]c(=O)c2ccc(Nc3ncc(C4=NC5(CCOCC5)CO4)c(N[C@H](CO)c4ccccc4)n3)nc21. The van der Waals surface area contributed by atoms with Crippen LogP contribution in [0.25, 0.3) is 11.0 Å². The molecule has 12 heteroatoms. The Hall–Kier alpha value is -4.29. The number of hydrogen-bond donors (Lipinski definition) is 4. The number of aliphatic hydroxyl groups excluding tert-OH is 1. The molecule has 1 atom stereocenters. The fourth-order valence-electron chi connectivity index (χ4n) is 4.90. The molecule has 202 valence electrons. The Kier molecular flexibility index (Phi) is 6.71. The van der Waals surface area contributed by atoms with Crippen molar-refractivity contribution in [2.75, 3.05) is 37.1 Å². The van der Waals surface area contributed by atoms with Crippen LogP contribution in [0.5, 0.6) is 0 Å². The van der Waals surface area contributed by atoms with E-state index in [0.717, 1.165) is 18.4 Å². The third kappa shape index (κ3) is 4.95. The molecule has 0 amide bonds. The first kappa shape index (κ1) is 25.0. The summed E-state index contributed by atoms with van der Waals surface area (Å²) in [6.07, 6.45) is 3.24. The maximum atomic E-state index is 12.2. The molecule has 1 saturated heterocycles. The van der Waals surface area contributed by atoms with Gasteiger partial charge in [0.2, 0.25) is 11.8 Å². The molecule has 6 rings (SSSR count). The lowest BCUT2D eigenvalue weighted by Crippen LogP contribution is -2.35. The summed E-state index contributed by atoms with van der Waals surface area (Å²) in [5.41, 5.74) is 1.57. The van der Waals surface area contributed by atoms with Crippen LogP contribution < -0.4 is 16.2 Å². The van der Waals surface area contributed by atoms with Gasteiger partial charge in [-0.1, -0.05) is 30.3 Å². The first-order valence-electron chi connectivity index (χ1n) is 13.0. The van der Waals surface area contributed by atoms with Crippen molar-refractivity contribution in [1.29, 1.82) is 0 Å². The average Bonchev–Trinajstić information content (AvgIpc) is 3.52. The van der Waals surface area contributed by atoms with Crippen molar-refractivity contribution in [3.05, 3.63) is 70.1 Å². The molecule has 0 aliphatic carbocycles. The van der Waals surface area contributed by atoms with E-state index in [1.165, 1.54) is 0 Å². The minimum absolute atomic E-state index is 0.148. The zero-order chi connectivity index (χ0) is 26.8. The lowest BCUT2D eigenvalue weighted by Gasteiger charge is -2.28. The third-order valence-corrected chi connectivity index (χ3v) is 7.12. The summed E-state index contributed by atoms with van der Waals surface area (Å²) in [6, 6.07) is 12.7. The van der Waals surface area contributed by atoms with E-state index < -0.39 is 6.04 Å². The molecule has 5 heterocycles. The maximum Gasteiger partial charge on any atom is 0.273 e. The van der Waals surface area contributed by atoms with Crippen molar-refractivity contribution in [3.8, 4) is 0 Å². The number of aliphatic imine (C=N–C) groups is 1. The summed E-state index contributed by atoms with van der Waals surface area (Å²) in [7, 11) is 0. The van der Waals surface area contributed by atoms with Crippen molar-refractivity contribution in [3.63, 3.8) is 0 Å². The zero-order valence-corrected chi connectivity index (χ0v) is 21.6. The van der Waals surface area contributed by atoms with Crippen molar-refractivity contribution in [2.45, 2.75) is 37.9 Å². The molecule has 2 aliphatic rings. The molecule has 0 unspecified atom stereocenters. The summed E-state index contributed by atoms with van der Waals surface area (Å²) in [4.78, 5) is 31.0. The van der Waals surface area contributed by atoms with Crippen molar-refractivity contribution in [2.24, 2.45) is 4.99 Å². The van der Waals surface area contributed by atoms with Gasteiger partial charge in [-0.2, -0.15) is 4.98 Å². The highest BCUT2D eigenvalue weighted by Crippen LogP contribution is 2.33. The predicted octanol–water partition coefficient (Wildman–Crippen LogP) is 2.75. The number of ether oxygens (including phenoxy) is 2. The number of pyridine rings is 1. The summed E-state index contributed by atoms with van der Waals surface area (Å²) in [5, 5.41) is 20.0. The predicted molar refractivity (Wildman–Crippen MR) is 147 cm³/mol. The molecular weight excluding hydrogens is 500 g/mol. The van der Waals surface area contributed by atoms with Gasteiger partial charge in [-0.05, 0) is 37.5 Å². The third-order valence-electron chi connectivity index (χ3n) is 7.12. The Morgan fingerprint density at radius 2 is 1.97 bits per heavy atom. The van der Waals surface area contributed by atoms with Crippen LogP contribution >= 0.6 is 0 Å². The number of anilines is 3. The second kappa shape index (κ2) is 10.5. The number of nitrogens with one attached hydrogen (secondary N) is 3. The standard InChI is InChI=1S/C27H30N8O4/c1-2-35-23-18(24(37)34-35)8-9-21(30-23)31-26-28-14-19(25-33-27(16-39-25)10-12-38-13-11-27)22(32-26)29-20(15-36)17-6-4-3-5-7-17/h3-9,14,20,36H,2,10-13,15-16H2,1H3,(H,34,37)(H2,28,29,30,31,32)/t20-/m1/s1. The summed E-state index contributed by atoms with van der Waals surface area (Å²) in [6.45, 7) is 4.13. The van der Waals surface area contributed by atoms with E-state index >= 15 is 0 Å². The number of aryl methyl sites for hydroxylation is 1. The van der Waals surface area contributed by atoms with Gasteiger partial charge >= 0.3 is 0 Å². The van der Waals surface area contributed by atoms with Crippen LogP contribution in [-0.4, -0.2) is 67.7 Å². The highest BCUT2D eigenvalue weighted by molar-refractivity contribution is 5.99. The molecule has 1 aromatic carbocycles. The Balaban J connectivity index is 1.36. The van der Waals surface area contributed by atoms with Gasteiger partial charge in [-0.15, -0.1) is 0 Å². The van der Waals surface area contributed by atoms with Gasteiger partial charge in [-0.25, -0.2) is 15.0 Å². The van der Waals surface area contributed by atoms with Crippen LogP contribution in [0.2, 0.25) is 0 Å². The second-order valence-corrected chi connectivity index (χ2v) is 9.67. The van der Waals surface area contributed by atoms with Crippen LogP contribution in [0.4, 0.5) is 17.6 Å². The number of fused-ring (bicyclic) bond motifs is 1. The molecule has 1 spiro atoms. The Morgan fingerprint density at radius 1 is 1.15 bits per heavy atom. The van der Waals surface area contributed by atoms with Crippen LogP contribution in [0, 0.1) is 0 Å². The average molecular weight is 531 g/mol. The van der Waals surface area contributed by atoms with E-state index in [-0.39, 0.29) is 23.7 Å². The quantitative estimate of drug-likeness (QED) is 0.269. The number of nitrogens with zero attached hydrogens (tertiary/aromatic N) is 5. The fourth-order valence-corrected chi connectivity index (χ4v) is 4.90. The Morgan fingerprint density at radius 3 is 2.74 bits per heavy atom. The highest BCUT2D eigenvalue weighted by Gasteiger charge is 2.39. The normalized spacial score (nSPS) is 17.1. The molecule has 39 heavy (non-hydrogen) atoms. The number of aromatic amines is 1. The van der Waals surface area contributed by atoms with Gasteiger partial charge in [0.25, 0.3) is 5.56 Å². The van der Waals surface area contributed by atoms with Crippen LogP contribution in [-0.2, 0) is 16.0 Å². The second-order valence-electron chi connectivity index (χ2n) is 9.67. The number of aliphatic hydroxyl groups is 1. The van der Waals surface area contributed by atoms with Gasteiger partial charge in [0.05, 0.1) is 23.6 Å². The number of aromatic nitrogens is 5. The van der Waals surface area contributed by atoms with E-state index in [1.807, 2.05) is 37.3 Å². The number of hydrogen-bond acceptors (Lipinski definition) is 10. The number of rotatable bonds is 8. The Labute approximate surface area is 224 Å². The highest BCUT2D eigenvalue weighted by atomic mass is 16.5.